The van der Waals surface area contributed by atoms with E-state index in [0.717, 1.165) is 54.9 Å². The van der Waals surface area contributed by atoms with Crippen molar-refractivity contribution in [3.63, 3.8) is 0 Å². The lowest BCUT2D eigenvalue weighted by molar-refractivity contribution is 0.238. The third-order valence-corrected chi connectivity index (χ3v) is 10.9. The Labute approximate surface area is 293 Å². The maximum Gasteiger partial charge on any atom is 0.161 e. The molecule has 2 fully saturated rings. The number of benzene rings is 4. The normalized spacial score (nSPS) is 16.7. The van der Waals surface area contributed by atoms with Gasteiger partial charge in [-0.25, -0.2) is 0 Å². The predicted octanol–water partition coefficient (Wildman–Crippen LogP) is 8.95. The minimum Gasteiger partial charge on any atom is -0.785 e. The lowest BCUT2D eigenvalue weighted by Crippen LogP contribution is -2.25. The number of fused-ring (bicyclic) bond motifs is 1. The van der Waals surface area contributed by atoms with E-state index < -0.39 is 0 Å². The number of rotatable bonds is 15. The van der Waals surface area contributed by atoms with Crippen molar-refractivity contribution >= 4 is 21.4 Å². The summed E-state index contributed by atoms with van der Waals surface area (Å²) in [5.74, 6) is 3.17. The van der Waals surface area contributed by atoms with Gasteiger partial charge in [-0.05, 0) is 140 Å². The van der Waals surface area contributed by atoms with Crippen molar-refractivity contribution < 1.29 is 18.9 Å². The lowest BCUT2D eigenvalue weighted by atomic mass is 9.98. The SMILES string of the molecule is COc1cc(Cc2c(-c3ccc(OCCN4CCCC4)cc3)sc3cc(OCc4ccccc4)ccc23)ccc1OCCC1CCCN1[O-]. The van der Waals surface area contributed by atoms with Gasteiger partial charge in [0.1, 0.15) is 24.7 Å². The number of hydroxylamine groups is 2. The number of likely N-dealkylation sites (tertiary alicyclic amines) is 1. The summed E-state index contributed by atoms with van der Waals surface area (Å²) in [5, 5.41) is 14.4. The van der Waals surface area contributed by atoms with E-state index in [1.807, 2.05) is 24.3 Å². The highest BCUT2D eigenvalue weighted by molar-refractivity contribution is 7.22. The molecule has 4 aromatic carbocycles. The molecule has 1 unspecified atom stereocenters. The highest BCUT2D eigenvalue weighted by atomic mass is 32.1. The van der Waals surface area contributed by atoms with E-state index in [1.54, 1.807) is 18.4 Å². The lowest BCUT2D eigenvalue weighted by Gasteiger charge is -2.29. The molecule has 7 rings (SSSR count). The van der Waals surface area contributed by atoms with Gasteiger partial charge in [0.25, 0.3) is 0 Å². The van der Waals surface area contributed by atoms with Crippen LogP contribution in [0.2, 0.25) is 0 Å². The third-order valence-electron chi connectivity index (χ3n) is 9.64. The van der Waals surface area contributed by atoms with Crippen LogP contribution in [0.25, 0.3) is 20.5 Å². The summed E-state index contributed by atoms with van der Waals surface area (Å²) in [6.45, 7) is 5.69. The molecule has 0 amide bonds. The fraction of sp³-hybridized carbons (Fsp3) is 0.366. The molecule has 1 aromatic heterocycles. The first-order chi connectivity index (χ1) is 24.1. The van der Waals surface area contributed by atoms with E-state index in [-0.39, 0.29) is 6.04 Å². The van der Waals surface area contributed by atoms with Crippen molar-refractivity contribution in [2.75, 3.05) is 46.5 Å². The Kier molecular flexibility index (Phi) is 11.0. The molecule has 2 aliphatic heterocycles. The molecule has 7 nitrogen and oxygen atoms in total. The Morgan fingerprint density at radius 1 is 0.755 bits per heavy atom. The van der Waals surface area contributed by atoms with Gasteiger partial charge in [-0.3, -0.25) is 4.90 Å². The summed E-state index contributed by atoms with van der Waals surface area (Å²) in [7, 11) is 1.68. The van der Waals surface area contributed by atoms with Crippen molar-refractivity contribution in [1.82, 2.24) is 9.96 Å². The second-order valence-electron chi connectivity index (χ2n) is 13.0. The van der Waals surface area contributed by atoms with Crippen LogP contribution in [-0.4, -0.2) is 62.5 Å². The average molecular weight is 678 g/mol. The molecule has 0 bridgehead atoms. The first-order valence-corrected chi connectivity index (χ1v) is 18.4. The first kappa shape index (κ1) is 33.4. The van der Waals surface area contributed by atoms with Crippen LogP contribution in [0, 0.1) is 5.21 Å². The average Bonchev–Trinajstić information content (AvgIpc) is 3.89. The predicted molar refractivity (Wildman–Crippen MR) is 198 cm³/mol. The molecule has 2 saturated heterocycles. The second-order valence-corrected chi connectivity index (χ2v) is 14.1. The summed E-state index contributed by atoms with van der Waals surface area (Å²) < 4.78 is 25.4. The standard InChI is InChI=1S/C41H45N2O5S/c1-45-39-27-31(11-18-38(39)47-24-19-33-10-7-22-43(33)44)26-37-36-17-16-35(48-29-30-8-3-2-4-9-30)28-40(36)49-41(37)32-12-14-34(15-13-32)46-25-23-42-20-5-6-21-42/h2-4,8-9,11-18,27-28,33H,5-7,10,19-26,29H2,1H3/q-1. The van der Waals surface area contributed by atoms with E-state index in [9.17, 15) is 5.21 Å². The molecule has 5 aromatic rings. The number of thiophene rings is 1. The Morgan fingerprint density at radius 3 is 2.35 bits per heavy atom. The highest BCUT2D eigenvalue weighted by Gasteiger charge is 2.19. The fourth-order valence-electron chi connectivity index (χ4n) is 6.92. The highest BCUT2D eigenvalue weighted by Crippen LogP contribution is 2.42. The number of methoxy groups -OCH3 is 1. The molecule has 8 heteroatoms. The van der Waals surface area contributed by atoms with Gasteiger partial charge in [-0.1, -0.05) is 36.4 Å². The zero-order valence-corrected chi connectivity index (χ0v) is 29.1. The number of hydrogen-bond acceptors (Lipinski definition) is 8. The fourth-order valence-corrected chi connectivity index (χ4v) is 8.17. The monoisotopic (exact) mass is 677 g/mol. The summed E-state index contributed by atoms with van der Waals surface area (Å²) >= 11 is 1.80. The number of ether oxygens (including phenoxy) is 4. The Bertz CT molecular complexity index is 1800. The largest absolute Gasteiger partial charge is 0.785 e. The van der Waals surface area contributed by atoms with Gasteiger partial charge in [-0.15, -0.1) is 11.3 Å². The van der Waals surface area contributed by atoms with Crippen LogP contribution in [0.5, 0.6) is 23.0 Å². The van der Waals surface area contributed by atoms with Crippen LogP contribution in [0.3, 0.4) is 0 Å². The third kappa shape index (κ3) is 8.39. The van der Waals surface area contributed by atoms with Gasteiger partial charge < -0.3 is 29.2 Å². The van der Waals surface area contributed by atoms with Crippen molar-refractivity contribution in [1.29, 1.82) is 0 Å². The van der Waals surface area contributed by atoms with Crippen LogP contribution in [0.1, 0.15) is 48.8 Å². The maximum atomic E-state index is 12.0. The summed E-state index contributed by atoms with van der Waals surface area (Å²) in [6.07, 6.45) is 5.94. The van der Waals surface area contributed by atoms with Crippen molar-refractivity contribution in [3.05, 3.63) is 113 Å². The van der Waals surface area contributed by atoms with E-state index in [2.05, 4.69) is 71.6 Å². The molecule has 256 valence electrons. The van der Waals surface area contributed by atoms with E-state index in [1.165, 1.54) is 57.1 Å². The van der Waals surface area contributed by atoms with E-state index >= 15 is 0 Å². The van der Waals surface area contributed by atoms with Gasteiger partial charge in [-0.2, -0.15) is 0 Å². The molecule has 0 aliphatic carbocycles. The molecule has 3 heterocycles. The summed E-state index contributed by atoms with van der Waals surface area (Å²) in [6, 6.07) is 31.5. The molecule has 1 atom stereocenters. The van der Waals surface area contributed by atoms with Crippen LogP contribution in [-0.2, 0) is 13.0 Å². The molecule has 49 heavy (non-hydrogen) atoms. The molecular weight excluding hydrogens is 633 g/mol. The zero-order chi connectivity index (χ0) is 33.4. The van der Waals surface area contributed by atoms with Crippen LogP contribution in [0.4, 0.5) is 0 Å². The number of nitrogens with zero attached hydrogens (tertiary/aromatic N) is 2. The van der Waals surface area contributed by atoms with Gasteiger partial charge in [0.15, 0.2) is 11.5 Å². The Balaban J connectivity index is 1.11. The van der Waals surface area contributed by atoms with Gasteiger partial charge in [0.05, 0.1) is 13.7 Å². The van der Waals surface area contributed by atoms with Gasteiger partial charge in [0, 0.05) is 22.2 Å². The molecule has 0 spiro atoms. The minimum atomic E-state index is 0.0513. The van der Waals surface area contributed by atoms with E-state index in [4.69, 9.17) is 18.9 Å². The smallest absolute Gasteiger partial charge is 0.161 e. The van der Waals surface area contributed by atoms with Crippen LogP contribution >= 0.6 is 11.3 Å². The number of hydrogen-bond donors (Lipinski definition) is 0. The first-order valence-electron chi connectivity index (χ1n) is 17.5. The molecule has 0 radical (unpaired) electrons. The van der Waals surface area contributed by atoms with Gasteiger partial charge in [0.2, 0.25) is 0 Å². The summed E-state index contributed by atoms with van der Waals surface area (Å²) in [4.78, 5) is 3.71. The van der Waals surface area contributed by atoms with Crippen LogP contribution in [0.15, 0.2) is 91.0 Å². The molecule has 0 saturated carbocycles. The second kappa shape index (κ2) is 16.1. The molecule has 0 N–H and O–H groups in total. The Morgan fingerprint density at radius 2 is 1.57 bits per heavy atom. The zero-order valence-electron chi connectivity index (χ0n) is 28.3. The van der Waals surface area contributed by atoms with Crippen molar-refractivity contribution in [2.24, 2.45) is 0 Å². The van der Waals surface area contributed by atoms with E-state index in [0.29, 0.717) is 37.9 Å². The molecule has 2 aliphatic rings. The van der Waals surface area contributed by atoms with Crippen molar-refractivity contribution in [3.8, 4) is 33.4 Å². The molecular formula is C41H45N2O5S-. The Hall–Kier alpha value is -4.08. The summed E-state index contributed by atoms with van der Waals surface area (Å²) in [5.41, 5.74) is 4.72. The van der Waals surface area contributed by atoms with Crippen molar-refractivity contribution in [2.45, 2.75) is 51.2 Å². The minimum absolute atomic E-state index is 0.0513. The topological polar surface area (TPSA) is 66.5 Å². The van der Waals surface area contributed by atoms with Gasteiger partial charge >= 0.3 is 0 Å². The quantitative estimate of drug-likeness (QED) is 0.110. The maximum absolute atomic E-state index is 12.0. The van der Waals surface area contributed by atoms with Crippen LogP contribution < -0.4 is 18.9 Å².